The topological polar surface area (TPSA) is 42.0 Å². The number of carbonyl (C=O) groups is 1. The van der Waals surface area contributed by atoms with Gasteiger partial charge in [-0.15, -0.1) is 11.6 Å². The molecule has 0 saturated heterocycles. The van der Waals surface area contributed by atoms with Gasteiger partial charge in [0.1, 0.15) is 11.7 Å². The molecule has 0 aliphatic heterocycles. The van der Waals surface area contributed by atoms with Gasteiger partial charge in [-0.3, -0.25) is 4.79 Å². The van der Waals surface area contributed by atoms with Crippen LogP contribution in [0.4, 0.5) is 5.82 Å². The van der Waals surface area contributed by atoms with Crippen LogP contribution in [0.5, 0.6) is 0 Å². The molecule has 0 radical (unpaired) electrons. The average Bonchev–Trinajstić information content (AvgIpc) is 2.11. The Morgan fingerprint density at radius 2 is 2.38 bits per heavy atom. The third-order valence-corrected chi connectivity index (χ3v) is 2.61. The number of aromatic nitrogens is 1. The van der Waals surface area contributed by atoms with E-state index in [1.807, 2.05) is 0 Å². The standard InChI is InChI=1S/C7H5BrCl2N2O/c8-4-3-11-6(1-5(4)10)12-7(13)2-9/h1,3H,2H2,(H,11,12,13). The van der Waals surface area contributed by atoms with Crippen LogP contribution in [0.15, 0.2) is 16.7 Å². The summed E-state index contributed by atoms with van der Waals surface area (Å²) < 4.78 is 0.679. The summed E-state index contributed by atoms with van der Waals surface area (Å²) in [6, 6.07) is 1.54. The fraction of sp³-hybridized carbons (Fsp3) is 0.143. The second-order valence-corrected chi connectivity index (χ2v) is 3.69. The molecule has 13 heavy (non-hydrogen) atoms. The molecule has 1 aromatic heterocycles. The van der Waals surface area contributed by atoms with Crippen molar-refractivity contribution in [1.29, 1.82) is 0 Å². The summed E-state index contributed by atoms with van der Waals surface area (Å²) in [5, 5.41) is 2.96. The zero-order chi connectivity index (χ0) is 9.84. The van der Waals surface area contributed by atoms with Crippen LogP contribution in [0.2, 0.25) is 5.02 Å². The van der Waals surface area contributed by atoms with Gasteiger partial charge in [0.05, 0.1) is 9.50 Å². The number of hydrogen-bond acceptors (Lipinski definition) is 2. The summed E-state index contributed by atoms with van der Waals surface area (Å²) in [5.41, 5.74) is 0. The Hall–Kier alpha value is -0.320. The van der Waals surface area contributed by atoms with E-state index in [-0.39, 0.29) is 11.8 Å². The molecule has 1 aromatic rings. The molecule has 1 heterocycles. The van der Waals surface area contributed by atoms with Gasteiger partial charge in [0.2, 0.25) is 5.91 Å². The van der Waals surface area contributed by atoms with Gasteiger partial charge in [0.25, 0.3) is 0 Å². The second-order valence-electron chi connectivity index (χ2n) is 2.17. The van der Waals surface area contributed by atoms with Gasteiger partial charge >= 0.3 is 0 Å². The van der Waals surface area contributed by atoms with Gasteiger partial charge in [-0.2, -0.15) is 0 Å². The first-order valence-corrected chi connectivity index (χ1v) is 5.01. The molecule has 0 aliphatic carbocycles. The molecule has 0 unspecified atom stereocenters. The minimum atomic E-state index is -0.312. The lowest BCUT2D eigenvalue weighted by molar-refractivity contribution is -0.113. The maximum atomic E-state index is 10.8. The van der Waals surface area contributed by atoms with Crippen molar-refractivity contribution in [2.24, 2.45) is 0 Å². The van der Waals surface area contributed by atoms with Gasteiger partial charge in [-0.1, -0.05) is 11.6 Å². The summed E-state index contributed by atoms with van der Waals surface area (Å²) in [6.07, 6.45) is 1.51. The minimum Gasteiger partial charge on any atom is -0.310 e. The van der Waals surface area contributed by atoms with E-state index in [2.05, 4.69) is 26.2 Å². The molecule has 0 saturated carbocycles. The quantitative estimate of drug-likeness (QED) is 0.848. The first-order valence-electron chi connectivity index (χ1n) is 3.30. The average molecular weight is 284 g/mol. The van der Waals surface area contributed by atoms with Crippen molar-refractivity contribution in [3.8, 4) is 0 Å². The van der Waals surface area contributed by atoms with E-state index in [1.54, 1.807) is 0 Å². The third-order valence-electron chi connectivity index (χ3n) is 1.20. The number of halogens is 3. The first-order chi connectivity index (χ1) is 6.13. The second kappa shape index (κ2) is 4.79. The van der Waals surface area contributed by atoms with Crippen LogP contribution in [0.3, 0.4) is 0 Å². The fourth-order valence-electron chi connectivity index (χ4n) is 0.659. The van der Waals surface area contributed by atoms with Crippen molar-refractivity contribution >= 4 is 50.9 Å². The molecule has 0 aliphatic rings. The third kappa shape index (κ3) is 3.14. The SMILES string of the molecule is O=C(CCl)Nc1cc(Cl)c(Br)cn1. The van der Waals surface area contributed by atoms with Crippen LogP contribution in [0.1, 0.15) is 0 Å². The summed E-state index contributed by atoms with van der Waals surface area (Å²) >= 11 is 14.2. The number of hydrogen-bond donors (Lipinski definition) is 1. The first kappa shape index (κ1) is 10.8. The van der Waals surface area contributed by atoms with Crippen LogP contribution in [-0.2, 0) is 4.79 Å². The highest BCUT2D eigenvalue weighted by Gasteiger charge is 2.03. The Labute approximate surface area is 93.6 Å². The van der Waals surface area contributed by atoms with Crippen molar-refractivity contribution in [1.82, 2.24) is 4.98 Å². The molecular weight excluding hydrogens is 279 g/mol. The summed E-state index contributed by atoms with van der Waals surface area (Å²) in [5.74, 6) is -0.0264. The Balaban J connectivity index is 2.79. The normalized spacial score (nSPS) is 9.77. The van der Waals surface area contributed by atoms with Gasteiger partial charge in [-0.25, -0.2) is 4.98 Å². The molecule has 1 rings (SSSR count). The zero-order valence-electron chi connectivity index (χ0n) is 6.35. The van der Waals surface area contributed by atoms with E-state index >= 15 is 0 Å². The Kier molecular flexibility index (Phi) is 3.96. The number of nitrogens with one attached hydrogen (secondary N) is 1. The van der Waals surface area contributed by atoms with Crippen LogP contribution < -0.4 is 5.32 Å². The predicted molar refractivity (Wildman–Crippen MR) is 56.3 cm³/mol. The maximum absolute atomic E-state index is 10.8. The van der Waals surface area contributed by atoms with Gasteiger partial charge in [0, 0.05) is 12.3 Å². The molecule has 3 nitrogen and oxygen atoms in total. The lowest BCUT2D eigenvalue weighted by atomic mass is 10.4. The number of anilines is 1. The van der Waals surface area contributed by atoms with Crippen LogP contribution >= 0.6 is 39.1 Å². The van der Waals surface area contributed by atoms with Crippen molar-refractivity contribution in [2.45, 2.75) is 0 Å². The summed E-state index contributed by atoms with van der Waals surface area (Å²) in [6.45, 7) is 0. The molecule has 0 aromatic carbocycles. The van der Waals surface area contributed by atoms with Crippen molar-refractivity contribution in [3.05, 3.63) is 21.8 Å². The van der Waals surface area contributed by atoms with E-state index in [1.165, 1.54) is 12.3 Å². The van der Waals surface area contributed by atoms with Crippen molar-refractivity contribution in [3.63, 3.8) is 0 Å². The fourth-order valence-corrected chi connectivity index (χ4v) is 1.09. The number of alkyl halides is 1. The lowest BCUT2D eigenvalue weighted by Gasteiger charge is -2.02. The van der Waals surface area contributed by atoms with E-state index < -0.39 is 0 Å². The van der Waals surface area contributed by atoms with Crippen molar-refractivity contribution < 1.29 is 4.79 Å². The van der Waals surface area contributed by atoms with E-state index in [9.17, 15) is 4.79 Å². The van der Waals surface area contributed by atoms with Gasteiger partial charge < -0.3 is 5.32 Å². The number of amides is 1. The maximum Gasteiger partial charge on any atom is 0.240 e. The highest BCUT2D eigenvalue weighted by Crippen LogP contribution is 2.23. The number of pyridine rings is 1. The highest BCUT2D eigenvalue weighted by atomic mass is 79.9. The Morgan fingerprint density at radius 3 is 2.92 bits per heavy atom. The van der Waals surface area contributed by atoms with Gasteiger partial charge in [-0.05, 0) is 15.9 Å². The molecule has 70 valence electrons. The molecule has 1 amide bonds. The van der Waals surface area contributed by atoms with Gasteiger partial charge in [0.15, 0.2) is 0 Å². The molecule has 1 N–H and O–H groups in total. The molecular formula is C7H5BrCl2N2O. The molecule has 0 atom stereocenters. The Morgan fingerprint density at radius 1 is 1.69 bits per heavy atom. The van der Waals surface area contributed by atoms with E-state index in [0.717, 1.165) is 0 Å². The predicted octanol–water partition coefficient (Wildman–Crippen LogP) is 2.67. The number of nitrogens with zero attached hydrogens (tertiary/aromatic N) is 1. The Bertz CT molecular complexity index is 332. The number of rotatable bonds is 2. The van der Waals surface area contributed by atoms with Crippen LogP contribution in [-0.4, -0.2) is 16.8 Å². The highest BCUT2D eigenvalue weighted by molar-refractivity contribution is 9.10. The molecule has 0 spiro atoms. The summed E-state index contributed by atoms with van der Waals surface area (Å²) in [4.78, 5) is 14.7. The van der Waals surface area contributed by atoms with Crippen LogP contribution in [0, 0.1) is 0 Å². The molecule has 6 heteroatoms. The van der Waals surface area contributed by atoms with Crippen molar-refractivity contribution in [2.75, 3.05) is 11.2 Å². The zero-order valence-corrected chi connectivity index (χ0v) is 9.45. The smallest absolute Gasteiger partial charge is 0.240 e. The van der Waals surface area contributed by atoms with E-state index in [4.69, 9.17) is 23.2 Å². The summed E-state index contributed by atoms with van der Waals surface area (Å²) in [7, 11) is 0. The molecule has 0 bridgehead atoms. The lowest BCUT2D eigenvalue weighted by Crippen LogP contribution is -2.13. The minimum absolute atomic E-state index is 0.102. The monoisotopic (exact) mass is 282 g/mol. The van der Waals surface area contributed by atoms with Crippen LogP contribution in [0.25, 0.3) is 0 Å². The number of carbonyl (C=O) groups excluding carboxylic acids is 1. The van der Waals surface area contributed by atoms with E-state index in [0.29, 0.717) is 15.3 Å². The molecule has 0 fully saturated rings. The largest absolute Gasteiger partial charge is 0.310 e.